The molecule has 0 saturated heterocycles. The fraction of sp³-hybridized carbons (Fsp3) is 1.00. The molecule has 1 rings (SSSR count). The molecule has 1 fully saturated rings. The van der Waals surface area contributed by atoms with Gasteiger partial charge in [-0.25, -0.2) is 0 Å². The Balaban J connectivity index is 2.52. The maximum atomic E-state index is 2.47. The summed E-state index contributed by atoms with van der Waals surface area (Å²) in [5.41, 5.74) is 0. The van der Waals surface area contributed by atoms with Crippen LogP contribution in [0.1, 0.15) is 59.8 Å². The van der Waals surface area contributed by atoms with Gasteiger partial charge < -0.3 is 0 Å². The van der Waals surface area contributed by atoms with Crippen LogP contribution in [0.25, 0.3) is 0 Å². The SMILES string of the molecule is CCC(C)C1CCCC(C)CC1C. The van der Waals surface area contributed by atoms with Crippen molar-refractivity contribution in [3.63, 3.8) is 0 Å². The van der Waals surface area contributed by atoms with Gasteiger partial charge in [0.2, 0.25) is 0 Å². The molecule has 0 aromatic heterocycles. The van der Waals surface area contributed by atoms with Crippen LogP contribution < -0.4 is 0 Å². The second kappa shape index (κ2) is 5.02. The van der Waals surface area contributed by atoms with Gasteiger partial charge in [0, 0.05) is 0 Å². The lowest BCUT2D eigenvalue weighted by Crippen LogP contribution is -2.18. The van der Waals surface area contributed by atoms with Crippen molar-refractivity contribution in [2.24, 2.45) is 23.7 Å². The number of rotatable bonds is 2. The molecule has 1 saturated carbocycles. The Morgan fingerprint density at radius 1 is 1.23 bits per heavy atom. The quantitative estimate of drug-likeness (QED) is 0.552. The van der Waals surface area contributed by atoms with Crippen LogP contribution in [0.15, 0.2) is 0 Å². The summed E-state index contributed by atoms with van der Waals surface area (Å²) in [6.07, 6.45) is 7.26. The van der Waals surface area contributed by atoms with Crippen LogP contribution in [0.2, 0.25) is 0 Å². The summed E-state index contributed by atoms with van der Waals surface area (Å²) in [4.78, 5) is 0. The predicted octanol–water partition coefficient (Wildman–Crippen LogP) is 4.49. The molecule has 1 aliphatic rings. The molecule has 0 radical (unpaired) electrons. The summed E-state index contributed by atoms with van der Waals surface area (Å²) in [6.45, 7) is 9.68. The van der Waals surface area contributed by atoms with Gasteiger partial charge in [0.15, 0.2) is 0 Å². The molecule has 1 aliphatic carbocycles. The third-order valence-corrected chi connectivity index (χ3v) is 4.11. The summed E-state index contributed by atoms with van der Waals surface area (Å²) in [5.74, 6) is 3.90. The largest absolute Gasteiger partial charge is 0.0651 e. The van der Waals surface area contributed by atoms with Crippen LogP contribution in [0.3, 0.4) is 0 Å². The van der Waals surface area contributed by atoms with Gasteiger partial charge in [0.1, 0.15) is 0 Å². The summed E-state index contributed by atoms with van der Waals surface area (Å²) < 4.78 is 0. The molecule has 13 heavy (non-hydrogen) atoms. The van der Waals surface area contributed by atoms with E-state index in [0.717, 1.165) is 23.7 Å². The van der Waals surface area contributed by atoms with Crippen molar-refractivity contribution in [1.82, 2.24) is 0 Å². The summed E-state index contributed by atoms with van der Waals surface area (Å²) in [6, 6.07) is 0. The number of hydrogen-bond acceptors (Lipinski definition) is 0. The molecule has 78 valence electrons. The molecule has 0 aromatic rings. The molecule has 0 aliphatic heterocycles. The van der Waals surface area contributed by atoms with Crippen LogP contribution in [0.5, 0.6) is 0 Å². The normalized spacial score (nSPS) is 38.3. The molecule has 0 heterocycles. The molecule has 0 amide bonds. The summed E-state index contributed by atoms with van der Waals surface area (Å²) in [5, 5.41) is 0. The third-order valence-electron chi connectivity index (χ3n) is 4.11. The molecule has 0 heteroatoms. The van der Waals surface area contributed by atoms with Crippen LogP contribution in [-0.2, 0) is 0 Å². The van der Waals surface area contributed by atoms with Crippen LogP contribution in [0, 0.1) is 23.7 Å². The Morgan fingerprint density at radius 3 is 2.54 bits per heavy atom. The van der Waals surface area contributed by atoms with E-state index < -0.39 is 0 Å². The smallest absolute Gasteiger partial charge is 0.0363 e. The molecular weight excluding hydrogens is 156 g/mol. The molecule has 4 atom stereocenters. The maximum absolute atomic E-state index is 2.47. The first kappa shape index (κ1) is 11.1. The van der Waals surface area contributed by atoms with Crippen molar-refractivity contribution in [3.05, 3.63) is 0 Å². The third kappa shape index (κ3) is 3.00. The van der Waals surface area contributed by atoms with Crippen molar-refractivity contribution < 1.29 is 0 Å². The highest BCUT2D eigenvalue weighted by Crippen LogP contribution is 2.36. The molecular formula is C13H26. The lowest BCUT2D eigenvalue weighted by atomic mass is 9.78. The van der Waals surface area contributed by atoms with Crippen molar-refractivity contribution in [2.75, 3.05) is 0 Å². The zero-order valence-electron chi connectivity index (χ0n) is 9.84. The Morgan fingerprint density at radius 2 is 1.92 bits per heavy atom. The highest BCUT2D eigenvalue weighted by atomic mass is 14.3. The second-order valence-electron chi connectivity index (χ2n) is 5.30. The van der Waals surface area contributed by atoms with E-state index in [4.69, 9.17) is 0 Å². The minimum absolute atomic E-state index is 0.945. The summed E-state index contributed by atoms with van der Waals surface area (Å²) in [7, 11) is 0. The van der Waals surface area contributed by atoms with Crippen molar-refractivity contribution >= 4 is 0 Å². The Labute approximate surface area is 84.1 Å². The van der Waals surface area contributed by atoms with Crippen LogP contribution >= 0.6 is 0 Å². The zero-order chi connectivity index (χ0) is 9.84. The van der Waals surface area contributed by atoms with Gasteiger partial charge in [-0.1, -0.05) is 47.0 Å². The fourth-order valence-corrected chi connectivity index (χ4v) is 3.06. The monoisotopic (exact) mass is 182 g/mol. The van der Waals surface area contributed by atoms with Crippen LogP contribution in [0.4, 0.5) is 0 Å². The Kier molecular flexibility index (Phi) is 4.28. The second-order valence-corrected chi connectivity index (χ2v) is 5.30. The lowest BCUT2D eigenvalue weighted by Gasteiger charge is -2.27. The maximum Gasteiger partial charge on any atom is -0.0363 e. The fourth-order valence-electron chi connectivity index (χ4n) is 3.06. The van der Waals surface area contributed by atoms with Gasteiger partial charge >= 0.3 is 0 Å². The van der Waals surface area contributed by atoms with Gasteiger partial charge in [0.05, 0.1) is 0 Å². The van der Waals surface area contributed by atoms with Gasteiger partial charge in [-0.2, -0.15) is 0 Å². The van der Waals surface area contributed by atoms with E-state index in [9.17, 15) is 0 Å². The minimum atomic E-state index is 0.945. The van der Waals surface area contributed by atoms with E-state index in [1.807, 2.05) is 0 Å². The first-order valence-electron chi connectivity index (χ1n) is 6.15. The average Bonchev–Trinajstić information content (AvgIpc) is 2.25. The molecule has 4 unspecified atom stereocenters. The van der Waals surface area contributed by atoms with E-state index in [2.05, 4.69) is 27.7 Å². The molecule has 0 spiro atoms. The van der Waals surface area contributed by atoms with Gasteiger partial charge in [-0.3, -0.25) is 0 Å². The van der Waals surface area contributed by atoms with Gasteiger partial charge in [-0.15, -0.1) is 0 Å². The lowest BCUT2D eigenvalue weighted by molar-refractivity contribution is 0.227. The Hall–Kier alpha value is 0. The predicted molar refractivity (Wildman–Crippen MR) is 59.7 cm³/mol. The molecule has 0 N–H and O–H groups in total. The first-order chi connectivity index (χ1) is 6.15. The minimum Gasteiger partial charge on any atom is -0.0651 e. The zero-order valence-corrected chi connectivity index (χ0v) is 9.84. The van der Waals surface area contributed by atoms with E-state index in [-0.39, 0.29) is 0 Å². The topological polar surface area (TPSA) is 0 Å². The Bertz CT molecular complexity index is 139. The highest BCUT2D eigenvalue weighted by Gasteiger charge is 2.26. The van der Waals surface area contributed by atoms with E-state index >= 15 is 0 Å². The van der Waals surface area contributed by atoms with E-state index in [1.54, 1.807) is 0 Å². The molecule has 0 bridgehead atoms. The van der Waals surface area contributed by atoms with Gasteiger partial charge in [0.25, 0.3) is 0 Å². The highest BCUT2D eigenvalue weighted by molar-refractivity contribution is 4.76. The van der Waals surface area contributed by atoms with E-state index in [0.29, 0.717) is 0 Å². The average molecular weight is 182 g/mol. The van der Waals surface area contributed by atoms with Crippen molar-refractivity contribution in [1.29, 1.82) is 0 Å². The summed E-state index contributed by atoms with van der Waals surface area (Å²) >= 11 is 0. The standard InChI is InChI=1S/C13H26/c1-5-11(3)13-8-6-7-10(2)9-12(13)4/h10-13H,5-9H2,1-4H3. The van der Waals surface area contributed by atoms with Crippen molar-refractivity contribution in [2.45, 2.75) is 59.8 Å². The van der Waals surface area contributed by atoms with E-state index in [1.165, 1.54) is 32.1 Å². The first-order valence-corrected chi connectivity index (χ1v) is 6.15. The van der Waals surface area contributed by atoms with Crippen molar-refractivity contribution in [3.8, 4) is 0 Å². The molecule has 0 nitrogen and oxygen atoms in total. The number of hydrogen-bond donors (Lipinski definition) is 0. The molecule has 0 aromatic carbocycles. The van der Waals surface area contributed by atoms with Crippen LogP contribution in [-0.4, -0.2) is 0 Å². The van der Waals surface area contributed by atoms with Gasteiger partial charge in [-0.05, 0) is 36.5 Å².